The second-order valence-corrected chi connectivity index (χ2v) is 7.04. The first kappa shape index (κ1) is 20.0. The molecule has 5 nitrogen and oxygen atoms in total. The van der Waals surface area contributed by atoms with Gasteiger partial charge < -0.3 is 14.8 Å². The maximum absolute atomic E-state index is 12.3. The first-order chi connectivity index (χ1) is 12.4. The summed E-state index contributed by atoms with van der Waals surface area (Å²) in [6.45, 7) is 5.98. The zero-order valence-electron chi connectivity index (χ0n) is 16.0. The van der Waals surface area contributed by atoms with Gasteiger partial charge in [-0.1, -0.05) is 44.9 Å². The van der Waals surface area contributed by atoms with Crippen molar-refractivity contribution in [2.24, 2.45) is 11.8 Å². The monoisotopic (exact) mass is 359 g/mol. The van der Waals surface area contributed by atoms with Crippen molar-refractivity contribution < 1.29 is 19.1 Å². The quantitative estimate of drug-likeness (QED) is 0.623. The first-order valence-corrected chi connectivity index (χ1v) is 9.24. The van der Waals surface area contributed by atoms with E-state index < -0.39 is 12.1 Å². The van der Waals surface area contributed by atoms with Gasteiger partial charge in [0.05, 0.1) is 7.11 Å². The number of hydrogen-bond donors (Lipinski definition) is 1. The Balaban J connectivity index is 1.87. The Labute approximate surface area is 155 Å². The molecule has 0 bridgehead atoms. The van der Waals surface area contributed by atoms with Crippen molar-refractivity contribution >= 4 is 18.0 Å². The molecule has 0 aliphatic heterocycles. The SMILES string of the molecule is COc1ccccc1/C=C/C(=O)O[C@H](C)C(=O)N[C@H]1CCC[C@@H](C)[C@H]1C. The van der Waals surface area contributed by atoms with Crippen LogP contribution < -0.4 is 10.1 Å². The summed E-state index contributed by atoms with van der Waals surface area (Å²) in [5.41, 5.74) is 0.772. The largest absolute Gasteiger partial charge is 0.496 e. The lowest BCUT2D eigenvalue weighted by molar-refractivity contribution is -0.150. The minimum absolute atomic E-state index is 0.150. The van der Waals surface area contributed by atoms with Gasteiger partial charge in [0, 0.05) is 17.7 Å². The van der Waals surface area contributed by atoms with Crippen LogP contribution in [0.1, 0.15) is 45.6 Å². The smallest absolute Gasteiger partial charge is 0.331 e. The lowest BCUT2D eigenvalue weighted by Crippen LogP contribution is -2.47. The van der Waals surface area contributed by atoms with Gasteiger partial charge in [0.15, 0.2) is 6.10 Å². The van der Waals surface area contributed by atoms with E-state index in [1.54, 1.807) is 20.1 Å². The van der Waals surface area contributed by atoms with Crippen LogP contribution in [0.2, 0.25) is 0 Å². The van der Waals surface area contributed by atoms with Gasteiger partial charge in [-0.25, -0.2) is 4.79 Å². The number of carbonyl (C=O) groups is 2. The van der Waals surface area contributed by atoms with Crippen LogP contribution >= 0.6 is 0 Å². The van der Waals surface area contributed by atoms with E-state index in [9.17, 15) is 9.59 Å². The van der Waals surface area contributed by atoms with E-state index in [4.69, 9.17) is 9.47 Å². The fourth-order valence-electron chi connectivity index (χ4n) is 3.31. The maximum Gasteiger partial charge on any atom is 0.331 e. The number of carbonyl (C=O) groups excluding carboxylic acids is 2. The fraction of sp³-hybridized carbons (Fsp3) is 0.524. The van der Waals surface area contributed by atoms with Crippen LogP contribution in [-0.4, -0.2) is 31.1 Å². The van der Waals surface area contributed by atoms with Crippen molar-refractivity contribution in [3.05, 3.63) is 35.9 Å². The molecule has 142 valence electrons. The minimum atomic E-state index is -0.825. The van der Waals surface area contributed by atoms with Gasteiger partial charge in [0.1, 0.15) is 5.75 Å². The summed E-state index contributed by atoms with van der Waals surface area (Å²) in [5.74, 6) is 0.901. The molecule has 26 heavy (non-hydrogen) atoms. The summed E-state index contributed by atoms with van der Waals surface area (Å²) < 4.78 is 10.5. The molecule has 5 heteroatoms. The molecule has 1 aromatic rings. The second-order valence-electron chi connectivity index (χ2n) is 7.04. The highest BCUT2D eigenvalue weighted by molar-refractivity contribution is 5.90. The maximum atomic E-state index is 12.3. The van der Waals surface area contributed by atoms with Gasteiger partial charge in [-0.05, 0) is 37.3 Å². The predicted molar refractivity (Wildman–Crippen MR) is 102 cm³/mol. The van der Waals surface area contributed by atoms with Gasteiger partial charge in [-0.3, -0.25) is 4.79 Å². The topological polar surface area (TPSA) is 64.6 Å². The van der Waals surface area contributed by atoms with E-state index in [1.807, 2.05) is 24.3 Å². The van der Waals surface area contributed by atoms with Gasteiger partial charge in [-0.2, -0.15) is 0 Å². The molecule has 1 aliphatic rings. The van der Waals surface area contributed by atoms with E-state index in [2.05, 4.69) is 19.2 Å². The average molecular weight is 359 g/mol. The molecule has 4 atom stereocenters. The number of nitrogens with one attached hydrogen (secondary N) is 1. The number of amides is 1. The predicted octanol–water partition coefficient (Wildman–Crippen LogP) is 3.58. The highest BCUT2D eigenvalue weighted by Crippen LogP contribution is 2.29. The highest BCUT2D eigenvalue weighted by atomic mass is 16.5. The van der Waals surface area contributed by atoms with E-state index in [-0.39, 0.29) is 11.9 Å². The fourth-order valence-corrected chi connectivity index (χ4v) is 3.31. The molecule has 1 fully saturated rings. The third-order valence-electron chi connectivity index (χ3n) is 5.23. The number of ether oxygens (including phenoxy) is 2. The van der Waals surface area contributed by atoms with Crippen LogP contribution in [-0.2, 0) is 14.3 Å². The van der Waals surface area contributed by atoms with Crippen molar-refractivity contribution in [1.82, 2.24) is 5.32 Å². The minimum Gasteiger partial charge on any atom is -0.496 e. The van der Waals surface area contributed by atoms with E-state index in [0.717, 1.165) is 18.4 Å². The summed E-state index contributed by atoms with van der Waals surface area (Å²) in [7, 11) is 1.57. The molecule has 0 aromatic heterocycles. The molecule has 0 heterocycles. The van der Waals surface area contributed by atoms with E-state index in [0.29, 0.717) is 17.6 Å². The van der Waals surface area contributed by atoms with Gasteiger partial charge in [-0.15, -0.1) is 0 Å². The van der Waals surface area contributed by atoms with Gasteiger partial charge in [0.2, 0.25) is 0 Å². The molecular formula is C21H29NO4. The average Bonchev–Trinajstić information content (AvgIpc) is 2.63. The Morgan fingerprint density at radius 2 is 1.96 bits per heavy atom. The van der Waals surface area contributed by atoms with Crippen molar-refractivity contribution in [2.45, 2.75) is 52.2 Å². The number of para-hydroxylation sites is 1. The molecule has 1 aromatic carbocycles. The number of benzene rings is 1. The van der Waals surface area contributed by atoms with Crippen molar-refractivity contribution in [1.29, 1.82) is 0 Å². The van der Waals surface area contributed by atoms with E-state index >= 15 is 0 Å². The molecule has 0 spiro atoms. The molecule has 1 amide bonds. The molecule has 2 rings (SSSR count). The van der Waals surface area contributed by atoms with Crippen molar-refractivity contribution in [3.63, 3.8) is 0 Å². The third kappa shape index (κ3) is 5.35. The molecule has 1 aliphatic carbocycles. The summed E-state index contributed by atoms with van der Waals surface area (Å²) in [6.07, 6.45) is 5.40. The lowest BCUT2D eigenvalue weighted by atomic mass is 9.78. The summed E-state index contributed by atoms with van der Waals surface area (Å²) in [5, 5.41) is 3.04. The Kier molecular flexibility index (Phi) is 7.25. The summed E-state index contributed by atoms with van der Waals surface area (Å²) in [4.78, 5) is 24.4. The highest BCUT2D eigenvalue weighted by Gasteiger charge is 2.29. The zero-order chi connectivity index (χ0) is 19.1. The normalized spacial score (nSPS) is 24.1. The number of methoxy groups -OCH3 is 1. The number of rotatable bonds is 6. The Morgan fingerprint density at radius 1 is 1.23 bits per heavy atom. The molecule has 0 unspecified atom stereocenters. The second kappa shape index (κ2) is 9.41. The van der Waals surface area contributed by atoms with E-state index in [1.165, 1.54) is 12.5 Å². The van der Waals surface area contributed by atoms with Gasteiger partial charge in [0.25, 0.3) is 5.91 Å². The Morgan fingerprint density at radius 3 is 2.69 bits per heavy atom. The van der Waals surface area contributed by atoms with Crippen LogP contribution in [0.5, 0.6) is 5.75 Å². The van der Waals surface area contributed by atoms with Crippen LogP contribution in [0.15, 0.2) is 30.3 Å². The summed E-state index contributed by atoms with van der Waals surface area (Å²) >= 11 is 0. The van der Waals surface area contributed by atoms with Crippen LogP contribution in [0.25, 0.3) is 6.08 Å². The molecule has 0 saturated heterocycles. The first-order valence-electron chi connectivity index (χ1n) is 9.24. The third-order valence-corrected chi connectivity index (χ3v) is 5.23. The van der Waals surface area contributed by atoms with Crippen LogP contribution in [0.4, 0.5) is 0 Å². The Bertz CT molecular complexity index is 655. The molecule has 1 saturated carbocycles. The standard InChI is InChI=1S/C21H29NO4/c1-14-8-7-10-18(15(14)2)22-21(24)16(3)26-20(23)13-12-17-9-5-6-11-19(17)25-4/h5-6,9,11-16,18H,7-8,10H2,1-4H3,(H,22,24)/b13-12+/t14-,15-,16-,18+/m1/s1. The lowest BCUT2D eigenvalue weighted by Gasteiger charge is -2.35. The molecular weight excluding hydrogens is 330 g/mol. The Hall–Kier alpha value is -2.30. The number of hydrogen-bond acceptors (Lipinski definition) is 4. The van der Waals surface area contributed by atoms with Crippen LogP contribution in [0.3, 0.4) is 0 Å². The van der Waals surface area contributed by atoms with Crippen molar-refractivity contribution in [3.8, 4) is 5.75 Å². The molecule has 1 N–H and O–H groups in total. The summed E-state index contributed by atoms with van der Waals surface area (Å²) in [6, 6.07) is 7.51. The van der Waals surface area contributed by atoms with Crippen molar-refractivity contribution in [2.75, 3.05) is 7.11 Å². The zero-order valence-corrected chi connectivity index (χ0v) is 16.0. The van der Waals surface area contributed by atoms with Crippen LogP contribution in [0, 0.1) is 11.8 Å². The molecule has 0 radical (unpaired) electrons. The van der Waals surface area contributed by atoms with Gasteiger partial charge >= 0.3 is 5.97 Å². The number of esters is 1.